The van der Waals surface area contributed by atoms with Crippen LogP contribution in [0.2, 0.25) is 0 Å². The first-order valence-electron chi connectivity index (χ1n) is 12.9. The van der Waals surface area contributed by atoms with Gasteiger partial charge in [0, 0.05) is 6.54 Å². The molecule has 0 atom stereocenters. The van der Waals surface area contributed by atoms with E-state index in [1.165, 1.54) is 38.6 Å². The van der Waals surface area contributed by atoms with Gasteiger partial charge in [-0.2, -0.15) is 0 Å². The number of para-hydroxylation sites is 1. The van der Waals surface area contributed by atoms with Crippen molar-refractivity contribution in [3.05, 3.63) is 53.5 Å². The standard InChI is InChI=1S/C27H39N5O2/c1-3-30(4-2)16-8-7-10-21-14-18-31(19-15-21)20-25(33)32-17-9-13-24-26(32)28-23-12-6-5-11-22(23)27(34)29-24/h5-6,9,11-13,21,28H,3-4,7-8,10,14-20H2,1-2H3,(H,29,34). The molecule has 3 heterocycles. The van der Waals surface area contributed by atoms with E-state index in [2.05, 4.69) is 34.3 Å². The SMILES string of the molecule is CCN(CC)CCCCC1CCN(CC(=O)N2CC=CC3=C2Nc2ccccc2C(=O)N3)CC1. The first-order valence-corrected chi connectivity index (χ1v) is 12.9. The van der Waals surface area contributed by atoms with E-state index in [4.69, 9.17) is 0 Å². The molecule has 7 heteroatoms. The van der Waals surface area contributed by atoms with Crippen molar-refractivity contribution in [2.24, 2.45) is 5.92 Å². The van der Waals surface area contributed by atoms with Gasteiger partial charge in [0.2, 0.25) is 5.91 Å². The fourth-order valence-electron chi connectivity index (χ4n) is 5.18. The molecule has 0 aliphatic carbocycles. The first kappa shape index (κ1) is 24.5. The number of likely N-dealkylation sites (tertiary alicyclic amines) is 1. The number of fused-ring (bicyclic) bond motifs is 1. The van der Waals surface area contributed by atoms with Crippen LogP contribution in [0.1, 0.15) is 56.3 Å². The van der Waals surface area contributed by atoms with Gasteiger partial charge < -0.3 is 15.5 Å². The predicted octanol–water partition coefficient (Wildman–Crippen LogP) is 3.63. The highest BCUT2D eigenvalue weighted by Crippen LogP contribution is 2.27. The predicted molar refractivity (Wildman–Crippen MR) is 136 cm³/mol. The third-order valence-corrected chi connectivity index (χ3v) is 7.37. The number of amides is 2. The van der Waals surface area contributed by atoms with Crippen molar-refractivity contribution in [1.82, 2.24) is 20.0 Å². The second-order valence-electron chi connectivity index (χ2n) is 9.54. The van der Waals surface area contributed by atoms with Gasteiger partial charge in [-0.25, -0.2) is 0 Å². The summed E-state index contributed by atoms with van der Waals surface area (Å²) in [5.41, 5.74) is 1.95. The number of piperidine rings is 1. The molecule has 3 aliphatic heterocycles. The maximum atomic E-state index is 13.3. The monoisotopic (exact) mass is 465 g/mol. The van der Waals surface area contributed by atoms with Gasteiger partial charge in [-0.1, -0.05) is 44.9 Å². The molecule has 0 bridgehead atoms. The Balaban J connectivity index is 1.28. The van der Waals surface area contributed by atoms with Crippen LogP contribution in [-0.2, 0) is 4.79 Å². The molecular weight excluding hydrogens is 426 g/mol. The number of hydrogen-bond acceptors (Lipinski definition) is 5. The summed E-state index contributed by atoms with van der Waals surface area (Å²) >= 11 is 0. The molecule has 4 rings (SSSR count). The van der Waals surface area contributed by atoms with Crippen LogP contribution in [0, 0.1) is 5.92 Å². The Morgan fingerprint density at radius 1 is 1.09 bits per heavy atom. The minimum absolute atomic E-state index is 0.0654. The Labute approximate surface area is 203 Å². The average Bonchev–Trinajstić information content (AvgIpc) is 3.00. The lowest BCUT2D eigenvalue weighted by Crippen LogP contribution is -2.45. The molecule has 1 aromatic carbocycles. The summed E-state index contributed by atoms with van der Waals surface area (Å²) in [6, 6.07) is 7.40. The quantitative estimate of drug-likeness (QED) is 0.545. The number of benzene rings is 1. The third kappa shape index (κ3) is 5.88. The number of unbranched alkanes of at least 4 members (excludes halogenated alkanes) is 1. The van der Waals surface area contributed by atoms with Crippen LogP contribution >= 0.6 is 0 Å². The number of allylic oxidation sites excluding steroid dienone is 1. The summed E-state index contributed by atoms with van der Waals surface area (Å²) in [6.07, 6.45) is 10.0. The first-order chi connectivity index (χ1) is 16.6. The molecule has 0 saturated carbocycles. The molecule has 0 spiro atoms. The zero-order chi connectivity index (χ0) is 23.9. The van der Waals surface area contributed by atoms with Crippen LogP contribution in [0.15, 0.2) is 47.9 Å². The normalized spacial score (nSPS) is 18.9. The van der Waals surface area contributed by atoms with E-state index in [1.807, 2.05) is 30.4 Å². The van der Waals surface area contributed by atoms with Crippen molar-refractivity contribution >= 4 is 17.5 Å². The second kappa shape index (κ2) is 11.7. The number of anilines is 1. The van der Waals surface area contributed by atoms with Gasteiger partial charge in [-0.3, -0.25) is 19.4 Å². The van der Waals surface area contributed by atoms with Crippen LogP contribution in [-0.4, -0.2) is 72.3 Å². The van der Waals surface area contributed by atoms with E-state index < -0.39 is 0 Å². The molecule has 184 valence electrons. The van der Waals surface area contributed by atoms with E-state index in [9.17, 15) is 9.59 Å². The van der Waals surface area contributed by atoms with Gasteiger partial charge >= 0.3 is 0 Å². The van der Waals surface area contributed by atoms with Crippen molar-refractivity contribution in [2.75, 3.05) is 51.1 Å². The fraction of sp³-hybridized carbons (Fsp3) is 0.556. The molecule has 1 aromatic rings. The Morgan fingerprint density at radius 2 is 1.85 bits per heavy atom. The summed E-state index contributed by atoms with van der Waals surface area (Å²) < 4.78 is 0. The van der Waals surface area contributed by atoms with Crippen molar-refractivity contribution < 1.29 is 9.59 Å². The maximum Gasteiger partial charge on any atom is 0.257 e. The average molecular weight is 466 g/mol. The number of carbonyl (C=O) groups excluding carboxylic acids is 2. The molecule has 0 radical (unpaired) electrons. The highest BCUT2D eigenvalue weighted by atomic mass is 16.2. The second-order valence-corrected chi connectivity index (χ2v) is 9.54. The molecule has 3 aliphatic rings. The Bertz CT molecular complexity index is 929. The largest absolute Gasteiger partial charge is 0.339 e. The van der Waals surface area contributed by atoms with Gasteiger partial charge in [-0.15, -0.1) is 0 Å². The molecule has 1 saturated heterocycles. The zero-order valence-corrected chi connectivity index (χ0v) is 20.7. The summed E-state index contributed by atoms with van der Waals surface area (Å²) in [5.74, 6) is 1.35. The third-order valence-electron chi connectivity index (χ3n) is 7.37. The van der Waals surface area contributed by atoms with E-state index >= 15 is 0 Å². The Morgan fingerprint density at radius 3 is 2.62 bits per heavy atom. The summed E-state index contributed by atoms with van der Waals surface area (Å²) in [4.78, 5) is 32.5. The molecule has 2 N–H and O–H groups in total. The lowest BCUT2D eigenvalue weighted by molar-refractivity contribution is -0.130. The Hall–Kier alpha value is -2.64. The molecule has 7 nitrogen and oxygen atoms in total. The highest BCUT2D eigenvalue weighted by molar-refractivity contribution is 6.02. The van der Waals surface area contributed by atoms with Crippen LogP contribution in [0.5, 0.6) is 0 Å². The minimum atomic E-state index is -0.161. The van der Waals surface area contributed by atoms with Crippen LogP contribution in [0.4, 0.5) is 5.69 Å². The van der Waals surface area contributed by atoms with Crippen molar-refractivity contribution in [2.45, 2.75) is 46.0 Å². The van der Waals surface area contributed by atoms with E-state index in [-0.39, 0.29) is 11.8 Å². The van der Waals surface area contributed by atoms with Crippen molar-refractivity contribution in [1.29, 1.82) is 0 Å². The van der Waals surface area contributed by atoms with Gasteiger partial charge in [0.15, 0.2) is 0 Å². The lowest BCUT2D eigenvalue weighted by atomic mass is 9.91. The molecule has 2 amide bonds. The van der Waals surface area contributed by atoms with Gasteiger partial charge in [0.25, 0.3) is 5.91 Å². The molecule has 0 unspecified atom stereocenters. The summed E-state index contributed by atoms with van der Waals surface area (Å²) in [7, 11) is 0. The van der Waals surface area contributed by atoms with Gasteiger partial charge in [0.1, 0.15) is 5.82 Å². The highest BCUT2D eigenvalue weighted by Gasteiger charge is 2.29. The smallest absolute Gasteiger partial charge is 0.257 e. The van der Waals surface area contributed by atoms with E-state index in [0.717, 1.165) is 37.8 Å². The molecule has 34 heavy (non-hydrogen) atoms. The zero-order valence-electron chi connectivity index (χ0n) is 20.7. The Kier molecular flexibility index (Phi) is 8.40. The number of hydrogen-bond donors (Lipinski definition) is 2. The summed E-state index contributed by atoms with van der Waals surface area (Å²) in [5, 5.41) is 6.29. The maximum absolute atomic E-state index is 13.3. The number of nitrogens with zero attached hydrogens (tertiary/aromatic N) is 3. The fourth-order valence-corrected chi connectivity index (χ4v) is 5.18. The topological polar surface area (TPSA) is 67.9 Å². The van der Waals surface area contributed by atoms with Gasteiger partial charge in [-0.05, 0) is 76.1 Å². The lowest BCUT2D eigenvalue weighted by Gasteiger charge is -2.34. The van der Waals surface area contributed by atoms with Crippen LogP contribution in [0.3, 0.4) is 0 Å². The van der Waals surface area contributed by atoms with Crippen molar-refractivity contribution in [3.63, 3.8) is 0 Å². The van der Waals surface area contributed by atoms with Gasteiger partial charge in [0.05, 0.1) is 23.5 Å². The van der Waals surface area contributed by atoms with E-state index in [1.54, 1.807) is 11.0 Å². The van der Waals surface area contributed by atoms with E-state index in [0.29, 0.717) is 30.2 Å². The molecular formula is C27H39N5O2. The van der Waals surface area contributed by atoms with Crippen LogP contribution in [0.25, 0.3) is 0 Å². The summed E-state index contributed by atoms with van der Waals surface area (Å²) in [6.45, 7) is 10.8. The number of carbonyl (C=O) groups is 2. The molecule has 1 fully saturated rings. The van der Waals surface area contributed by atoms with Crippen LogP contribution < -0.4 is 10.6 Å². The van der Waals surface area contributed by atoms with Crippen molar-refractivity contribution in [3.8, 4) is 0 Å². The molecule has 0 aromatic heterocycles. The minimum Gasteiger partial charge on any atom is -0.339 e. The number of nitrogens with one attached hydrogen (secondary N) is 2. The number of rotatable bonds is 9.